The van der Waals surface area contributed by atoms with E-state index in [0.29, 0.717) is 0 Å². The van der Waals surface area contributed by atoms with Crippen molar-refractivity contribution in [3.63, 3.8) is 0 Å². The summed E-state index contributed by atoms with van der Waals surface area (Å²) in [7, 11) is 2.08. The quantitative estimate of drug-likeness (QED) is 0.668. The number of pyridine rings is 2. The van der Waals surface area contributed by atoms with Gasteiger partial charge >= 0.3 is 0 Å². The summed E-state index contributed by atoms with van der Waals surface area (Å²) in [6.07, 6.45) is 7.39. The number of hydrogen-bond acceptors (Lipinski definition) is 3. The van der Waals surface area contributed by atoms with Gasteiger partial charge in [-0.1, -0.05) is 49.6 Å². The van der Waals surface area contributed by atoms with Gasteiger partial charge in [0, 0.05) is 36.4 Å². The maximum absolute atomic E-state index is 4.57. The molecular formula is C21H21N3. The fourth-order valence-corrected chi connectivity index (χ4v) is 2.95. The van der Waals surface area contributed by atoms with E-state index < -0.39 is 0 Å². The van der Waals surface area contributed by atoms with Crippen LogP contribution in [-0.4, -0.2) is 21.9 Å². The van der Waals surface area contributed by atoms with Crippen LogP contribution in [0.1, 0.15) is 22.5 Å². The molecule has 0 spiro atoms. The Morgan fingerprint density at radius 2 is 1.62 bits per heavy atom. The lowest BCUT2D eigenvalue weighted by Crippen LogP contribution is -2.19. The topological polar surface area (TPSA) is 29.0 Å². The summed E-state index contributed by atoms with van der Waals surface area (Å²) >= 11 is 0. The van der Waals surface area contributed by atoms with E-state index in [0.717, 1.165) is 35.6 Å². The van der Waals surface area contributed by atoms with Gasteiger partial charge < -0.3 is 0 Å². The van der Waals surface area contributed by atoms with E-state index in [4.69, 9.17) is 0 Å². The summed E-state index contributed by atoms with van der Waals surface area (Å²) in [5.74, 6) is 0. The molecule has 3 heteroatoms. The van der Waals surface area contributed by atoms with Gasteiger partial charge in [0.15, 0.2) is 0 Å². The van der Waals surface area contributed by atoms with Crippen molar-refractivity contribution >= 4 is 22.9 Å². The zero-order chi connectivity index (χ0) is 16.9. The Labute approximate surface area is 143 Å². The number of hydrogen-bond donors (Lipinski definition) is 0. The Morgan fingerprint density at radius 3 is 2.42 bits per heavy atom. The molecule has 120 valence electrons. The van der Waals surface area contributed by atoms with Gasteiger partial charge in [-0.15, -0.1) is 0 Å². The normalized spacial score (nSPS) is 10.9. The van der Waals surface area contributed by atoms with Crippen LogP contribution in [0.5, 0.6) is 0 Å². The molecular weight excluding hydrogens is 294 g/mol. The summed E-state index contributed by atoms with van der Waals surface area (Å²) in [5.41, 5.74) is 4.19. The minimum Gasteiger partial charge on any atom is -0.295 e. The van der Waals surface area contributed by atoms with Gasteiger partial charge in [0.25, 0.3) is 0 Å². The number of fused-ring (bicyclic) bond motifs is 1. The van der Waals surface area contributed by atoms with Crippen molar-refractivity contribution in [2.24, 2.45) is 0 Å². The van der Waals surface area contributed by atoms with Crippen molar-refractivity contribution in [1.82, 2.24) is 14.9 Å². The Hall–Kier alpha value is -2.78. The van der Waals surface area contributed by atoms with Crippen molar-refractivity contribution in [2.45, 2.75) is 13.1 Å². The van der Waals surface area contributed by atoms with Crippen molar-refractivity contribution in [3.05, 3.63) is 84.5 Å². The van der Waals surface area contributed by atoms with E-state index in [-0.39, 0.29) is 0 Å². The average Bonchev–Trinajstić information content (AvgIpc) is 2.61. The number of aromatic nitrogens is 2. The van der Waals surface area contributed by atoms with Crippen LogP contribution in [0, 0.1) is 0 Å². The van der Waals surface area contributed by atoms with Gasteiger partial charge in [0.1, 0.15) is 0 Å². The fourth-order valence-electron chi connectivity index (χ4n) is 2.95. The van der Waals surface area contributed by atoms with E-state index in [1.54, 1.807) is 0 Å². The van der Waals surface area contributed by atoms with E-state index in [1.165, 1.54) is 10.8 Å². The molecule has 24 heavy (non-hydrogen) atoms. The van der Waals surface area contributed by atoms with Crippen molar-refractivity contribution in [1.29, 1.82) is 0 Å². The molecule has 2 aromatic heterocycles. The number of nitrogens with zero attached hydrogens (tertiary/aromatic N) is 3. The van der Waals surface area contributed by atoms with E-state index in [9.17, 15) is 0 Å². The molecule has 0 aliphatic heterocycles. The van der Waals surface area contributed by atoms with Crippen LogP contribution in [-0.2, 0) is 13.1 Å². The van der Waals surface area contributed by atoms with Gasteiger partial charge in [-0.2, -0.15) is 0 Å². The van der Waals surface area contributed by atoms with Gasteiger partial charge in [-0.05, 0) is 30.1 Å². The van der Waals surface area contributed by atoms with Gasteiger partial charge in [-0.25, -0.2) is 0 Å². The summed E-state index contributed by atoms with van der Waals surface area (Å²) < 4.78 is 0. The number of benzene rings is 1. The molecule has 2 heterocycles. The standard InChI is InChI=1S/C21H21N3/c1-4-16-10-12-22-20(18(16)5-2)14-24(3)15-21-19-9-7-6-8-17(19)11-13-23-21/h4-13H,1-2,14-15H2,3H3. The lowest BCUT2D eigenvalue weighted by atomic mass is 10.1. The van der Waals surface area contributed by atoms with Crippen LogP contribution >= 0.6 is 0 Å². The van der Waals surface area contributed by atoms with Crippen molar-refractivity contribution < 1.29 is 0 Å². The molecule has 0 amide bonds. The second kappa shape index (κ2) is 7.20. The predicted molar refractivity (Wildman–Crippen MR) is 101 cm³/mol. The highest BCUT2D eigenvalue weighted by atomic mass is 15.1. The lowest BCUT2D eigenvalue weighted by Gasteiger charge is -2.18. The van der Waals surface area contributed by atoms with Gasteiger partial charge in [0.2, 0.25) is 0 Å². The third-order valence-electron chi connectivity index (χ3n) is 4.13. The van der Waals surface area contributed by atoms with Gasteiger partial charge in [0.05, 0.1) is 11.4 Å². The summed E-state index contributed by atoms with van der Waals surface area (Å²) in [5, 5.41) is 2.41. The molecule has 0 aliphatic rings. The van der Waals surface area contributed by atoms with E-state index >= 15 is 0 Å². The maximum atomic E-state index is 4.57. The monoisotopic (exact) mass is 315 g/mol. The largest absolute Gasteiger partial charge is 0.295 e. The molecule has 3 aromatic rings. The van der Waals surface area contributed by atoms with Crippen molar-refractivity contribution in [2.75, 3.05) is 7.05 Å². The third-order valence-corrected chi connectivity index (χ3v) is 4.13. The molecule has 0 radical (unpaired) electrons. The van der Waals surface area contributed by atoms with Gasteiger partial charge in [-0.3, -0.25) is 14.9 Å². The summed E-state index contributed by atoms with van der Waals surface area (Å²) in [6.45, 7) is 9.27. The van der Waals surface area contributed by atoms with Crippen LogP contribution in [0.25, 0.3) is 22.9 Å². The summed E-state index contributed by atoms with van der Waals surface area (Å²) in [6, 6.07) is 12.3. The van der Waals surface area contributed by atoms with E-state index in [2.05, 4.69) is 59.3 Å². The second-order valence-corrected chi connectivity index (χ2v) is 5.82. The molecule has 0 atom stereocenters. The van der Waals surface area contributed by atoms with Crippen LogP contribution < -0.4 is 0 Å². The Balaban J connectivity index is 1.84. The second-order valence-electron chi connectivity index (χ2n) is 5.82. The SMILES string of the molecule is C=Cc1ccnc(CN(C)Cc2nccc3ccccc23)c1C=C. The molecule has 0 aliphatic carbocycles. The third kappa shape index (κ3) is 3.26. The molecule has 3 nitrogen and oxygen atoms in total. The molecule has 0 saturated heterocycles. The highest BCUT2D eigenvalue weighted by Crippen LogP contribution is 2.20. The molecule has 0 N–H and O–H groups in total. The maximum Gasteiger partial charge on any atom is 0.0622 e. The summed E-state index contributed by atoms with van der Waals surface area (Å²) in [4.78, 5) is 11.3. The number of rotatable bonds is 6. The molecule has 0 unspecified atom stereocenters. The van der Waals surface area contributed by atoms with E-state index in [1.807, 2.05) is 36.7 Å². The Morgan fingerprint density at radius 1 is 0.917 bits per heavy atom. The molecule has 0 fully saturated rings. The fraction of sp³-hybridized carbons (Fsp3) is 0.143. The average molecular weight is 315 g/mol. The molecule has 1 aromatic carbocycles. The Kier molecular flexibility index (Phi) is 4.82. The van der Waals surface area contributed by atoms with Crippen molar-refractivity contribution in [3.8, 4) is 0 Å². The minimum absolute atomic E-state index is 0.730. The Bertz CT molecular complexity index is 878. The molecule has 0 bridgehead atoms. The van der Waals surface area contributed by atoms with Crippen LogP contribution in [0.2, 0.25) is 0 Å². The van der Waals surface area contributed by atoms with Crippen LogP contribution in [0.4, 0.5) is 0 Å². The predicted octanol–water partition coefficient (Wildman–Crippen LogP) is 4.55. The highest BCUT2D eigenvalue weighted by Gasteiger charge is 2.10. The minimum atomic E-state index is 0.730. The first-order valence-electron chi connectivity index (χ1n) is 7.97. The first-order chi connectivity index (χ1) is 11.7. The lowest BCUT2D eigenvalue weighted by molar-refractivity contribution is 0.312. The smallest absolute Gasteiger partial charge is 0.0622 e. The first kappa shape index (κ1) is 16.1. The zero-order valence-corrected chi connectivity index (χ0v) is 13.9. The highest BCUT2D eigenvalue weighted by molar-refractivity contribution is 5.84. The van der Waals surface area contributed by atoms with Crippen LogP contribution in [0.3, 0.4) is 0 Å². The van der Waals surface area contributed by atoms with Crippen LogP contribution in [0.15, 0.2) is 61.9 Å². The first-order valence-corrected chi connectivity index (χ1v) is 7.97. The molecule has 0 saturated carbocycles. The zero-order valence-electron chi connectivity index (χ0n) is 13.9. The molecule has 3 rings (SSSR count).